The number of alkyl halides is 3. The van der Waals surface area contributed by atoms with E-state index in [1.165, 1.54) is 12.8 Å². The molecule has 0 heterocycles. The Balaban J connectivity index is 3.02. The van der Waals surface area contributed by atoms with Crippen molar-refractivity contribution in [2.24, 2.45) is 0 Å². The SMILES string of the molecule is [CH2]CCCCCCC(Cl)(Cl)Cl. The minimum absolute atomic E-state index is 0.662. The minimum Gasteiger partial charge on any atom is -0.0837 e. The predicted molar refractivity (Wildman–Crippen MR) is 53.3 cm³/mol. The average molecular weight is 217 g/mol. The summed E-state index contributed by atoms with van der Waals surface area (Å²) in [5.74, 6) is 0. The van der Waals surface area contributed by atoms with Crippen molar-refractivity contribution < 1.29 is 0 Å². The Morgan fingerprint density at radius 3 is 1.91 bits per heavy atom. The van der Waals surface area contributed by atoms with E-state index in [4.69, 9.17) is 34.8 Å². The molecule has 0 aliphatic carbocycles. The van der Waals surface area contributed by atoms with Gasteiger partial charge in [0.2, 0.25) is 0 Å². The molecule has 0 unspecified atom stereocenters. The lowest BCUT2D eigenvalue weighted by molar-refractivity contribution is 0.623. The lowest BCUT2D eigenvalue weighted by atomic mass is 10.1. The minimum atomic E-state index is -1.05. The summed E-state index contributed by atoms with van der Waals surface area (Å²) in [6, 6.07) is 0. The highest BCUT2D eigenvalue weighted by Crippen LogP contribution is 2.32. The molecule has 0 spiro atoms. The van der Waals surface area contributed by atoms with Crippen LogP contribution in [-0.2, 0) is 0 Å². The molecule has 0 amide bonds. The summed E-state index contributed by atoms with van der Waals surface area (Å²) in [4.78, 5) is 0. The molecule has 3 heteroatoms. The molecule has 0 saturated carbocycles. The van der Waals surface area contributed by atoms with Gasteiger partial charge in [-0.05, 0) is 12.8 Å². The van der Waals surface area contributed by atoms with Crippen LogP contribution in [-0.4, -0.2) is 3.79 Å². The van der Waals surface area contributed by atoms with Crippen molar-refractivity contribution in [3.63, 3.8) is 0 Å². The summed E-state index contributed by atoms with van der Waals surface area (Å²) < 4.78 is -1.05. The zero-order valence-corrected chi connectivity index (χ0v) is 8.85. The number of hydrogen-bond acceptors (Lipinski definition) is 0. The fraction of sp³-hybridized carbons (Fsp3) is 0.875. The number of rotatable bonds is 5. The van der Waals surface area contributed by atoms with Gasteiger partial charge in [0.1, 0.15) is 0 Å². The van der Waals surface area contributed by atoms with Crippen molar-refractivity contribution in [3.8, 4) is 0 Å². The van der Waals surface area contributed by atoms with Crippen molar-refractivity contribution in [1.82, 2.24) is 0 Å². The number of halogens is 3. The highest BCUT2D eigenvalue weighted by Gasteiger charge is 2.17. The van der Waals surface area contributed by atoms with E-state index in [9.17, 15) is 0 Å². The van der Waals surface area contributed by atoms with Gasteiger partial charge in [0, 0.05) is 0 Å². The summed E-state index contributed by atoms with van der Waals surface area (Å²) in [5, 5.41) is 0. The molecule has 0 aliphatic heterocycles. The lowest BCUT2D eigenvalue weighted by Gasteiger charge is -2.09. The largest absolute Gasteiger partial charge is 0.190 e. The molecule has 0 saturated heterocycles. The second-order valence-electron chi connectivity index (χ2n) is 2.63. The highest BCUT2D eigenvalue weighted by atomic mass is 35.6. The van der Waals surface area contributed by atoms with Crippen LogP contribution in [0.3, 0.4) is 0 Å². The first kappa shape index (κ1) is 11.9. The molecule has 0 aromatic carbocycles. The van der Waals surface area contributed by atoms with Gasteiger partial charge in [-0.25, -0.2) is 0 Å². The summed E-state index contributed by atoms with van der Waals surface area (Å²) in [6.45, 7) is 3.75. The average Bonchev–Trinajstić information content (AvgIpc) is 1.85. The molecule has 0 aliphatic rings. The maximum absolute atomic E-state index is 5.56. The van der Waals surface area contributed by atoms with E-state index >= 15 is 0 Å². The van der Waals surface area contributed by atoms with E-state index in [1.54, 1.807) is 0 Å². The monoisotopic (exact) mass is 215 g/mol. The molecule has 67 valence electrons. The van der Waals surface area contributed by atoms with Gasteiger partial charge in [-0.15, -0.1) is 0 Å². The summed E-state index contributed by atoms with van der Waals surface area (Å²) in [7, 11) is 0. The van der Waals surface area contributed by atoms with Gasteiger partial charge < -0.3 is 0 Å². The number of unbranched alkanes of at least 4 members (excludes halogenated alkanes) is 4. The second kappa shape index (κ2) is 6.39. The molecule has 1 radical (unpaired) electrons. The zero-order chi connectivity index (χ0) is 8.74. The van der Waals surface area contributed by atoms with Crippen LogP contribution in [0.25, 0.3) is 0 Å². The summed E-state index contributed by atoms with van der Waals surface area (Å²) >= 11 is 16.7. The Morgan fingerprint density at radius 1 is 0.909 bits per heavy atom. The van der Waals surface area contributed by atoms with Gasteiger partial charge in [-0.1, -0.05) is 67.4 Å². The van der Waals surface area contributed by atoms with E-state index < -0.39 is 3.79 Å². The van der Waals surface area contributed by atoms with Gasteiger partial charge in [0.25, 0.3) is 0 Å². The number of hydrogen-bond donors (Lipinski definition) is 0. The first-order valence-electron chi connectivity index (χ1n) is 3.92. The van der Waals surface area contributed by atoms with Gasteiger partial charge in [-0.3, -0.25) is 0 Å². The van der Waals surface area contributed by atoms with Crippen LogP contribution in [0.4, 0.5) is 0 Å². The van der Waals surface area contributed by atoms with Crippen LogP contribution >= 0.6 is 34.8 Å². The third-order valence-corrected chi connectivity index (χ3v) is 2.03. The normalized spacial score (nSPS) is 12.0. The smallest absolute Gasteiger partial charge is 0.0837 e. The van der Waals surface area contributed by atoms with Crippen molar-refractivity contribution in [2.45, 2.75) is 42.3 Å². The van der Waals surface area contributed by atoms with E-state index in [2.05, 4.69) is 6.92 Å². The van der Waals surface area contributed by atoms with Crippen LogP contribution in [0.2, 0.25) is 0 Å². The summed E-state index contributed by atoms with van der Waals surface area (Å²) in [6.07, 6.45) is 6.19. The van der Waals surface area contributed by atoms with Crippen LogP contribution in [0.5, 0.6) is 0 Å². The molecule has 11 heavy (non-hydrogen) atoms. The first-order chi connectivity index (χ1) is 5.06. The zero-order valence-electron chi connectivity index (χ0n) is 6.58. The molecule has 0 fully saturated rings. The van der Waals surface area contributed by atoms with E-state index in [0.717, 1.165) is 19.3 Å². The van der Waals surface area contributed by atoms with Crippen molar-refractivity contribution >= 4 is 34.8 Å². The maximum atomic E-state index is 5.56. The molecule has 0 aromatic rings. The van der Waals surface area contributed by atoms with Gasteiger partial charge >= 0.3 is 0 Å². The van der Waals surface area contributed by atoms with Crippen molar-refractivity contribution in [1.29, 1.82) is 0 Å². The Labute approximate surface area is 84.2 Å². The van der Waals surface area contributed by atoms with Crippen LogP contribution in [0, 0.1) is 6.92 Å². The predicted octanol–water partition coefficient (Wildman–Crippen LogP) is 4.53. The lowest BCUT2D eigenvalue weighted by Crippen LogP contribution is -2.00. The van der Waals surface area contributed by atoms with Gasteiger partial charge in [0.15, 0.2) is 3.79 Å². The second-order valence-corrected chi connectivity index (χ2v) is 5.15. The first-order valence-corrected chi connectivity index (χ1v) is 5.05. The quantitative estimate of drug-likeness (QED) is 0.468. The third-order valence-electron chi connectivity index (χ3n) is 1.46. The molecular formula is C8H14Cl3. The summed E-state index contributed by atoms with van der Waals surface area (Å²) in [5.41, 5.74) is 0. The topological polar surface area (TPSA) is 0 Å². The maximum Gasteiger partial charge on any atom is 0.190 e. The molecule has 0 atom stereocenters. The van der Waals surface area contributed by atoms with E-state index in [-0.39, 0.29) is 0 Å². The standard InChI is InChI=1S/C8H14Cl3/c1-2-3-4-5-6-7-8(9,10)11/h1-7H2. The Morgan fingerprint density at radius 2 is 1.45 bits per heavy atom. The Kier molecular flexibility index (Phi) is 6.90. The van der Waals surface area contributed by atoms with E-state index in [0.29, 0.717) is 6.42 Å². The van der Waals surface area contributed by atoms with Crippen LogP contribution in [0.15, 0.2) is 0 Å². The fourth-order valence-electron chi connectivity index (χ4n) is 0.856. The highest BCUT2D eigenvalue weighted by molar-refractivity contribution is 6.67. The van der Waals surface area contributed by atoms with Crippen molar-refractivity contribution in [2.75, 3.05) is 0 Å². The van der Waals surface area contributed by atoms with E-state index in [1.807, 2.05) is 0 Å². The van der Waals surface area contributed by atoms with Crippen molar-refractivity contribution in [3.05, 3.63) is 6.92 Å². The Hall–Kier alpha value is 0.870. The molecular weight excluding hydrogens is 202 g/mol. The molecule has 0 bridgehead atoms. The van der Waals surface area contributed by atoms with Gasteiger partial charge in [0.05, 0.1) is 0 Å². The Bertz CT molecular complexity index is 85.8. The molecule has 0 aromatic heterocycles. The van der Waals surface area contributed by atoms with Gasteiger partial charge in [-0.2, -0.15) is 0 Å². The van der Waals surface area contributed by atoms with Crippen LogP contribution in [0.1, 0.15) is 38.5 Å². The molecule has 0 rings (SSSR count). The third kappa shape index (κ3) is 10.9. The van der Waals surface area contributed by atoms with Crippen LogP contribution < -0.4 is 0 Å². The molecule has 0 nitrogen and oxygen atoms in total. The fourth-order valence-corrected chi connectivity index (χ4v) is 1.26. The molecule has 0 N–H and O–H groups in total.